The SMILES string of the molecule is C=CCn1c(SCC(=O)Nc2sc3c(c2C#N)CCCCC3)nnc1C(C)Oc1cccc(C)c1C. The number of rotatable bonds is 9. The van der Waals surface area contributed by atoms with Crippen molar-refractivity contribution in [2.24, 2.45) is 0 Å². The molecule has 36 heavy (non-hydrogen) atoms. The average Bonchev–Trinajstić information content (AvgIpc) is 3.32. The number of thioether (sulfide) groups is 1. The number of nitrogens with zero attached hydrogens (tertiary/aromatic N) is 4. The Morgan fingerprint density at radius 1 is 1.33 bits per heavy atom. The Balaban J connectivity index is 1.45. The Hall–Kier alpha value is -3.09. The Morgan fingerprint density at radius 3 is 2.92 bits per heavy atom. The summed E-state index contributed by atoms with van der Waals surface area (Å²) in [5, 5.41) is 22.7. The van der Waals surface area contributed by atoms with E-state index in [9.17, 15) is 10.1 Å². The molecule has 0 saturated carbocycles. The third-order valence-electron chi connectivity index (χ3n) is 6.40. The van der Waals surface area contributed by atoms with E-state index in [1.165, 1.54) is 23.1 Å². The van der Waals surface area contributed by atoms with Crippen LogP contribution in [0.4, 0.5) is 5.00 Å². The molecule has 0 saturated heterocycles. The molecule has 9 heteroatoms. The zero-order valence-corrected chi connectivity index (χ0v) is 22.6. The predicted molar refractivity (Wildman–Crippen MR) is 145 cm³/mol. The van der Waals surface area contributed by atoms with Crippen LogP contribution in [-0.4, -0.2) is 26.4 Å². The maximum atomic E-state index is 12.8. The van der Waals surface area contributed by atoms with Crippen molar-refractivity contribution in [3.8, 4) is 11.8 Å². The third-order valence-corrected chi connectivity index (χ3v) is 8.57. The summed E-state index contributed by atoms with van der Waals surface area (Å²) >= 11 is 2.86. The van der Waals surface area contributed by atoms with Crippen molar-refractivity contribution in [1.82, 2.24) is 14.8 Å². The number of ether oxygens (including phenoxy) is 1. The van der Waals surface area contributed by atoms with E-state index in [0.29, 0.717) is 28.1 Å². The number of anilines is 1. The quantitative estimate of drug-likeness (QED) is 0.206. The van der Waals surface area contributed by atoms with E-state index in [0.717, 1.165) is 48.1 Å². The zero-order valence-electron chi connectivity index (χ0n) is 21.0. The van der Waals surface area contributed by atoms with Gasteiger partial charge in [-0.2, -0.15) is 5.26 Å². The minimum Gasteiger partial charge on any atom is -0.482 e. The molecule has 2 aromatic heterocycles. The first-order valence-electron chi connectivity index (χ1n) is 12.2. The normalized spacial score (nSPS) is 13.8. The Morgan fingerprint density at radius 2 is 2.14 bits per heavy atom. The molecule has 1 unspecified atom stereocenters. The molecule has 0 bridgehead atoms. The highest BCUT2D eigenvalue weighted by Gasteiger charge is 2.23. The number of allylic oxidation sites excluding steroid dienone is 1. The summed E-state index contributed by atoms with van der Waals surface area (Å²) < 4.78 is 8.14. The van der Waals surface area contributed by atoms with Gasteiger partial charge in [-0.1, -0.05) is 36.4 Å². The van der Waals surface area contributed by atoms with E-state index in [2.05, 4.69) is 41.2 Å². The molecule has 0 radical (unpaired) electrons. The molecule has 1 aliphatic carbocycles. The molecular weight excluding hydrogens is 490 g/mol. The number of benzene rings is 1. The second-order valence-electron chi connectivity index (χ2n) is 8.92. The van der Waals surface area contributed by atoms with Gasteiger partial charge in [0.25, 0.3) is 0 Å². The molecule has 1 N–H and O–H groups in total. The monoisotopic (exact) mass is 521 g/mol. The van der Waals surface area contributed by atoms with E-state index in [1.807, 2.05) is 30.5 Å². The molecule has 1 atom stereocenters. The van der Waals surface area contributed by atoms with E-state index in [4.69, 9.17) is 4.74 Å². The first kappa shape index (κ1) is 26.0. The second-order valence-corrected chi connectivity index (χ2v) is 11.0. The standard InChI is InChI=1S/C27H31N5O2S2/c1-5-14-32-25(19(4)34-22-12-9-10-17(2)18(22)3)30-31-27(32)35-16-24(33)29-26-21(15-28)20-11-7-6-8-13-23(20)36-26/h5,9-10,12,19H,1,6-8,11,13-14,16H2,2-4H3,(H,29,33). The van der Waals surface area contributed by atoms with Crippen LogP contribution in [0.5, 0.6) is 5.75 Å². The summed E-state index contributed by atoms with van der Waals surface area (Å²) in [6.07, 6.45) is 6.75. The Labute approximate surface area is 220 Å². The molecule has 3 aromatic rings. The highest BCUT2D eigenvalue weighted by molar-refractivity contribution is 7.99. The predicted octanol–water partition coefficient (Wildman–Crippen LogP) is 6.15. The summed E-state index contributed by atoms with van der Waals surface area (Å²) in [7, 11) is 0. The minimum atomic E-state index is -0.333. The Bertz CT molecular complexity index is 1300. The van der Waals surface area contributed by atoms with Gasteiger partial charge in [-0.05, 0) is 69.2 Å². The molecular formula is C27H31N5O2S2. The average molecular weight is 522 g/mol. The van der Waals surface area contributed by atoms with Gasteiger partial charge in [0.05, 0.1) is 11.3 Å². The lowest BCUT2D eigenvalue weighted by molar-refractivity contribution is -0.113. The molecule has 4 rings (SSSR count). The molecule has 2 heterocycles. The summed E-state index contributed by atoms with van der Waals surface area (Å²) in [6, 6.07) is 8.30. The fourth-order valence-electron chi connectivity index (χ4n) is 4.35. The molecule has 0 fully saturated rings. The molecule has 7 nitrogen and oxygen atoms in total. The van der Waals surface area contributed by atoms with Crippen molar-refractivity contribution in [2.45, 2.75) is 70.7 Å². The van der Waals surface area contributed by atoms with Gasteiger partial charge in [0, 0.05) is 11.4 Å². The number of thiophene rings is 1. The topological polar surface area (TPSA) is 92.8 Å². The van der Waals surface area contributed by atoms with Gasteiger partial charge >= 0.3 is 0 Å². The molecule has 1 aliphatic rings. The fraction of sp³-hybridized carbons (Fsp3) is 0.407. The van der Waals surface area contributed by atoms with Crippen molar-refractivity contribution < 1.29 is 9.53 Å². The van der Waals surface area contributed by atoms with Crippen LogP contribution in [0.15, 0.2) is 36.0 Å². The molecule has 0 aliphatic heterocycles. The highest BCUT2D eigenvalue weighted by Crippen LogP contribution is 2.37. The fourth-order valence-corrected chi connectivity index (χ4v) is 6.36. The molecule has 0 spiro atoms. The van der Waals surface area contributed by atoms with Crippen molar-refractivity contribution in [1.29, 1.82) is 5.26 Å². The van der Waals surface area contributed by atoms with Gasteiger partial charge < -0.3 is 10.1 Å². The number of nitriles is 1. The van der Waals surface area contributed by atoms with E-state index < -0.39 is 0 Å². The lowest BCUT2D eigenvalue weighted by Gasteiger charge is -2.18. The van der Waals surface area contributed by atoms with Crippen LogP contribution < -0.4 is 10.1 Å². The first-order valence-corrected chi connectivity index (χ1v) is 14.0. The van der Waals surface area contributed by atoms with E-state index >= 15 is 0 Å². The Kier molecular flexibility index (Phi) is 8.49. The number of carbonyl (C=O) groups excluding carboxylic acids is 1. The maximum Gasteiger partial charge on any atom is 0.235 e. The third kappa shape index (κ3) is 5.66. The van der Waals surface area contributed by atoms with Gasteiger partial charge in [-0.25, -0.2) is 0 Å². The lowest BCUT2D eigenvalue weighted by Crippen LogP contribution is -2.15. The summed E-state index contributed by atoms with van der Waals surface area (Å²) in [6.45, 7) is 10.4. The van der Waals surface area contributed by atoms with Crippen LogP contribution in [0.2, 0.25) is 0 Å². The van der Waals surface area contributed by atoms with Crippen LogP contribution in [0.25, 0.3) is 0 Å². The smallest absolute Gasteiger partial charge is 0.235 e. The van der Waals surface area contributed by atoms with Gasteiger partial charge in [0.15, 0.2) is 17.1 Å². The largest absolute Gasteiger partial charge is 0.482 e. The van der Waals surface area contributed by atoms with Crippen LogP contribution >= 0.6 is 23.1 Å². The van der Waals surface area contributed by atoms with Gasteiger partial charge in [0.2, 0.25) is 5.91 Å². The highest BCUT2D eigenvalue weighted by atomic mass is 32.2. The van der Waals surface area contributed by atoms with Crippen molar-refractivity contribution in [3.05, 3.63) is 63.8 Å². The lowest BCUT2D eigenvalue weighted by atomic mass is 10.1. The molecule has 1 amide bonds. The van der Waals surface area contributed by atoms with Gasteiger partial charge in [0.1, 0.15) is 16.8 Å². The van der Waals surface area contributed by atoms with Gasteiger partial charge in [-0.15, -0.1) is 28.1 Å². The zero-order chi connectivity index (χ0) is 25.7. The van der Waals surface area contributed by atoms with Crippen molar-refractivity contribution >= 4 is 34.0 Å². The summed E-state index contributed by atoms with van der Waals surface area (Å²) in [4.78, 5) is 14.1. The van der Waals surface area contributed by atoms with Crippen LogP contribution in [-0.2, 0) is 24.2 Å². The number of nitrogens with one attached hydrogen (secondary N) is 1. The van der Waals surface area contributed by atoms with E-state index in [1.54, 1.807) is 17.4 Å². The maximum absolute atomic E-state index is 12.8. The van der Waals surface area contributed by atoms with Crippen molar-refractivity contribution in [2.75, 3.05) is 11.1 Å². The van der Waals surface area contributed by atoms with Crippen molar-refractivity contribution in [3.63, 3.8) is 0 Å². The number of fused-ring (bicyclic) bond motifs is 1. The number of aromatic nitrogens is 3. The molecule has 188 valence electrons. The van der Waals surface area contributed by atoms with Crippen LogP contribution in [0.3, 0.4) is 0 Å². The molecule has 1 aromatic carbocycles. The van der Waals surface area contributed by atoms with E-state index in [-0.39, 0.29) is 17.8 Å². The second kappa shape index (κ2) is 11.8. The minimum absolute atomic E-state index is 0.162. The number of hydrogen-bond donors (Lipinski definition) is 1. The number of carbonyl (C=O) groups is 1. The summed E-state index contributed by atoms with van der Waals surface area (Å²) in [5.41, 5.74) is 4.00. The first-order chi connectivity index (χ1) is 17.4. The van der Waals surface area contributed by atoms with Crippen LogP contribution in [0.1, 0.15) is 65.2 Å². The number of hydrogen-bond acceptors (Lipinski definition) is 7. The number of aryl methyl sites for hydroxylation is 2. The van der Waals surface area contributed by atoms with Crippen LogP contribution in [0, 0.1) is 25.2 Å². The summed E-state index contributed by atoms with van der Waals surface area (Å²) in [5.74, 6) is 1.48. The van der Waals surface area contributed by atoms with Gasteiger partial charge in [-0.3, -0.25) is 9.36 Å². The number of amides is 1.